The van der Waals surface area contributed by atoms with Crippen LogP contribution >= 0.6 is 11.6 Å². The van der Waals surface area contributed by atoms with Crippen LogP contribution in [0.4, 0.5) is 0 Å². The lowest BCUT2D eigenvalue weighted by Crippen LogP contribution is -2.32. The van der Waals surface area contributed by atoms with Crippen molar-refractivity contribution < 1.29 is 8.42 Å². The second kappa shape index (κ2) is 5.66. The van der Waals surface area contributed by atoms with E-state index in [0.717, 1.165) is 12.8 Å². The summed E-state index contributed by atoms with van der Waals surface area (Å²) >= 11 is 5.70. The minimum Gasteiger partial charge on any atom is -0.208 e. The van der Waals surface area contributed by atoms with Gasteiger partial charge < -0.3 is 0 Å². The summed E-state index contributed by atoms with van der Waals surface area (Å²) in [5.41, 5.74) is 0. The first-order valence-electron chi connectivity index (χ1n) is 5.23. The molecule has 0 saturated carbocycles. The molecule has 90 valence electrons. The first-order chi connectivity index (χ1) is 7.45. The molecule has 0 radical (unpaired) electrons. The summed E-state index contributed by atoms with van der Waals surface area (Å²) in [6.07, 6.45) is 1.77. The maximum absolute atomic E-state index is 11.9. The summed E-state index contributed by atoms with van der Waals surface area (Å²) in [4.78, 5) is 0.250. The van der Waals surface area contributed by atoms with Crippen LogP contribution in [0.25, 0.3) is 0 Å². The van der Waals surface area contributed by atoms with Crippen LogP contribution in [0.15, 0.2) is 29.2 Å². The normalized spacial score (nSPS) is 13.7. The zero-order chi connectivity index (χ0) is 12.2. The van der Waals surface area contributed by atoms with Gasteiger partial charge in [0.05, 0.1) is 4.90 Å². The summed E-state index contributed by atoms with van der Waals surface area (Å²) < 4.78 is 26.4. The minimum atomic E-state index is -3.41. The van der Waals surface area contributed by atoms with Crippen molar-refractivity contribution in [3.8, 4) is 0 Å². The molecule has 0 saturated heterocycles. The molecule has 0 heterocycles. The van der Waals surface area contributed by atoms with Gasteiger partial charge in [-0.05, 0) is 37.6 Å². The van der Waals surface area contributed by atoms with E-state index in [1.54, 1.807) is 12.1 Å². The maximum Gasteiger partial charge on any atom is 0.240 e. The molecule has 1 rings (SSSR count). The van der Waals surface area contributed by atoms with E-state index in [-0.39, 0.29) is 10.9 Å². The highest BCUT2D eigenvalue weighted by atomic mass is 35.5. The monoisotopic (exact) mass is 261 g/mol. The summed E-state index contributed by atoms with van der Waals surface area (Å²) in [6, 6.07) is 6.10. The SMILES string of the molecule is CCC[C@H](C)NS(=O)(=O)c1ccc(Cl)cc1. The molecule has 0 spiro atoms. The number of benzene rings is 1. The van der Waals surface area contributed by atoms with Gasteiger partial charge in [0.2, 0.25) is 10.0 Å². The van der Waals surface area contributed by atoms with Crippen LogP contribution in [0.1, 0.15) is 26.7 Å². The molecule has 1 aromatic carbocycles. The third-order valence-electron chi connectivity index (χ3n) is 2.20. The van der Waals surface area contributed by atoms with Crippen molar-refractivity contribution >= 4 is 21.6 Å². The first-order valence-corrected chi connectivity index (χ1v) is 7.09. The predicted octanol–water partition coefficient (Wildman–Crippen LogP) is 2.81. The fourth-order valence-corrected chi connectivity index (χ4v) is 2.84. The number of rotatable bonds is 5. The highest BCUT2D eigenvalue weighted by Crippen LogP contribution is 2.14. The molecular weight excluding hydrogens is 246 g/mol. The van der Waals surface area contributed by atoms with Crippen molar-refractivity contribution in [2.45, 2.75) is 37.6 Å². The van der Waals surface area contributed by atoms with E-state index in [1.165, 1.54) is 12.1 Å². The lowest BCUT2D eigenvalue weighted by molar-refractivity contribution is 0.544. The molecule has 3 nitrogen and oxygen atoms in total. The Hall–Kier alpha value is -0.580. The molecule has 0 unspecified atom stereocenters. The average Bonchev–Trinajstić information content (AvgIpc) is 2.17. The lowest BCUT2D eigenvalue weighted by atomic mass is 10.2. The first kappa shape index (κ1) is 13.5. The molecule has 0 fully saturated rings. The Morgan fingerprint density at radius 3 is 2.38 bits per heavy atom. The number of halogens is 1. The van der Waals surface area contributed by atoms with Crippen LogP contribution < -0.4 is 4.72 Å². The molecule has 0 aromatic heterocycles. The molecule has 1 N–H and O–H groups in total. The number of hydrogen-bond donors (Lipinski definition) is 1. The molecule has 16 heavy (non-hydrogen) atoms. The van der Waals surface area contributed by atoms with Crippen molar-refractivity contribution in [1.82, 2.24) is 4.72 Å². The zero-order valence-corrected chi connectivity index (χ0v) is 11.0. The lowest BCUT2D eigenvalue weighted by Gasteiger charge is -2.13. The quantitative estimate of drug-likeness (QED) is 0.886. The van der Waals surface area contributed by atoms with Gasteiger partial charge in [0.15, 0.2) is 0 Å². The molecule has 0 bridgehead atoms. The smallest absolute Gasteiger partial charge is 0.208 e. The predicted molar refractivity (Wildman–Crippen MR) is 66.1 cm³/mol. The zero-order valence-electron chi connectivity index (χ0n) is 9.40. The van der Waals surface area contributed by atoms with Crippen LogP contribution in [0, 0.1) is 0 Å². The van der Waals surface area contributed by atoms with Gasteiger partial charge in [-0.3, -0.25) is 0 Å². The molecule has 0 aliphatic carbocycles. The Labute approximate surface area is 102 Å². The fraction of sp³-hybridized carbons (Fsp3) is 0.455. The maximum atomic E-state index is 11.9. The van der Waals surface area contributed by atoms with E-state index in [0.29, 0.717) is 5.02 Å². The third-order valence-corrected chi connectivity index (χ3v) is 4.06. The van der Waals surface area contributed by atoms with Crippen molar-refractivity contribution in [3.63, 3.8) is 0 Å². The van der Waals surface area contributed by atoms with E-state index in [1.807, 2.05) is 13.8 Å². The molecule has 5 heteroatoms. The van der Waals surface area contributed by atoms with Gasteiger partial charge in [0.1, 0.15) is 0 Å². The summed E-state index contributed by atoms with van der Waals surface area (Å²) in [5.74, 6) is 0. The Balaban J connectivity index is 2.82. The highest BCUT2D eigenvalue weighted by Gasteiger charge is 2.16. The molecule has 1 aromatic rings. The Bertz CT molecular complexity index is 428. The Morgan fingerprint density at radius 2 is 1.88 bits per heavy atom. The van der Waals surface area contributed by atoms with Crippen LogP contribution in [0.5, 0.6) is 0 Å². The van der Waals surface area contributed by atoms with E-state index in [2.05, 4.69) is 4.72 Å². The van der Waals surface area contributed by atoms with Gasteiger partial charge in [-0.1, -0.05) is 24.9 Å². The Morgan fingerprint density at radius 1 is 1.31 bits per heavy atom. The third kappa shape index (κ3) is 3.77. The summed E-state index contributed by atoms with van der Waals surface area (Å²) in [7, 11) is -3.41. The van der Waals surface area contributed by atoms with Crippen molar-refractivity contribution in [1.29, 1.82) is 0 Å². The van der Waals surface area contributed by atoms with Gasteiger partial charge in [-0.2, -0.15) is 0 Å². The van der Waals surface area contributed by atoms with Gasteiger partial charge >= 0.3 is 0 Å². The number of hydrogen-bond acceptors (Lipinski definition) is 2. The van der Waals surface area contributed by atoms with Crippen LogP contribution in [-0.4, -0.2) is 14.5 Å². The van der Waals surface area contributed by atoms with Crippen LogP contribution in [0.2, 0.25) is 5.02 Å². The van der Waals surface area contributed by atoms with Crippen molar-refractivity contribution in [3.05, 3.63) is 29.3 Å². The molecule has 0 aliphatic heterocycles. The number of sulfonamides is 1. The van der Waals surface area contributed by atoms with Gasteiger partial charge in [0, 0.05) is 11.1 Å². The van der Waals surface area contributed by atoms with E-state index < -0.39 is 10.0 Å². The van der Waals surface area contributed by atoms with Gasteiger partial charge in [-0.25, -0.2) is 13.1 Å². The van der Waals surface area contributed by atoms with E-state index >= 15 is 0 Å². The molecule has 0 aliphatic rings. The fourth-order valence-electron chi connectivity index (χ4n) is 1.44. The van der Waals surface area contributed by atoms with E-state index in [4.69, 9.17) is 11.6 Å². The van der Waals surface area contributed by atoms with Gasteiger partial charge in [-0.15, -0.1) is 0 Å². The van der Waals surface area contributed by atoms with Crippen LogP contribution in [0.3, 0.4) is 0 Å². The topological polar surface area (TPSA) is 46.2 Å². The summed E-state index contributed by atoms with van der Waals surface area (Å²) in [6.45, 7) is 3.88. The van der Waals surface area contributed by atoms with E-state index in [9.17, 15) is 8.42 Å². The van der Waals surface area contributed by atoms with Gasteiger partial charge in [0.25, 0.3) is 0 Å². The average molecular weight is 262 g/mol. The largest absolute Gasteiger partial charge is 0.240 e. The van der Waals surface area contributed by atoms with Crippen LogP contribution in [-0.2, 0) is 10.0 Å². The highest BCUT2D eigenvalue weighted by molar-refractivity contribution is 7.89. The summed E-state index contributed by atoms with van der Waals surface area (Å²) in [5, 5.41) is 0.528. The van der Waals surface area contributed by atoms with Crippen molar-refractivity contribution in [2.24, 2.45) is 0 Å². The molecule has 0 amide bonds. The second-order valence-corrected chi connectivity index (χ2v) is 5.92. The van der Waals surface area contributed by atoms with Crippen molar-refractivity contribution in [2.75, 3.05) is 0 Å². The minimum absolute atomic E-state index is 0.0503. The molecule has 1 atom stereocenters. The number of nitrogens with one attached hydrogen (secondary N) is 1. The molecular formula is C11H16ClNO2S. The standard InChI is InChI=1S/C11H16ClNO2S/c1-3-4-9(2)13-16(14,15)11-7-5-10(12)6-8-11/h5-9,13H,3-4H2,1-2H3/t9-/m0/s1. The Kier molecular flexibility index (Phi) is 4.77. The second-order valence-electron chi connectivity index (χ2n) is 3.76.